The molecule has 0 saturated heterocycles. The molecule has 2 aromatic rings. The summed E-state index contributed by atoms with van der Waals surface area (Å²) in [6.07, 6.45) is 1.97. The van der Waals surface area contributed by atoms with E-state index in [1.165, 1.54) is 11.3 Å². The maximum absolute atomic E-state index is 10.5. The first-order valence-corrected chi connectivity index (χ1v) is 7.37. The molecule has 98 valence electrons. The van der Waals surface area contributed by atoms with Crippen LogP contribution < -0.4 is 4.74 Å². The maximum Gasteiger partial charge on any atom is 0.135 e. The molecule has 0 radical (unpaired) electrons. The van der Waals surface area contributed by atoms with E-state index in [1.807, 2.05) is 16.1 Å². The molecule has 0 aliphatic carbocycles. The Bertz CT molecular complexity index is 524. The van der Waals surface area contributed by atoms with E-state index in [0.717, 1.165) is 28.0 Å². The van der Waals surface area contributed by atoms with Gasteiger partial charge in [-0.15, -0.1) is 11.3 Å². The van der Waals surface area contributed by atoms with Gasteiger partial charge < -0.3 is 9.84 Å². The number of aliphatic hydroxyl groups excluding tert-OH is 1. The number of nitrogens with zero attached hydrogens (tertiary/aromatic N) is 2. The topological polar surface area (TPSA) is 47.3 Å². The van der Waals surface area contributed by atoms with Crippen molar-refractivity contribution < 1.29 is 9.84 Å². The van der Waals surface area contributed by atoms with Crippen molar-refractivity contribution in [2.75, 3.05) is 7.11 Å². The number of thiophene rings is 1. The third kappa shape index (κ3) is 2.46. The van der Waals surface area contributed by atoms with Crippen LogP contribution in [0.2, 0.25) is 0 Å². The van der Waals surface area contributed by atoms with Gasteiger partial charge >= 0.3 is 0 Å². The minimum atomic E-state index is -0.719. The van der Waals surface area contributed by atoms with Gasteiger partial charge in [0, 0.05) is 6.54 Å². The fourth-order valence-electron chi connectivity index (χ4n) is 1.84. The molecule has 2 rings (SSSR count). The predicted octanol–water partition coefficient (Wildman–Crippen LogP) is 3.21. The first-order chi connectivity index (χ1) is 8.69. The summed E-state index contributed by atoms with van der Waals surface area (Å²) in [6, 6.07) is 1.86. The minimum Gasteiger partial charge on any atom is -0.495 e. The van der Waals surface area contributed by atoms with Crippen LogP contribution >= 0.6 is 27.3 Å². The highest BCUT2D eigenvalue weighted by Gasteiger charge is 2.23. The Morgan fingerprint density at radius 2 is 2.39 bits per heavy atom. The zero-order valence-electron chi connectivity index (χ0n) is 10.3. The lowest BCUT2D eigenvalue weighted by Crippen LogP contribution is -2.10. The molecule has 1 N–H and O–H groups in total. The first kappa shape index (κ1) is 13.6. The van der Waals surface area contributed by atoms with E-state index in [4.69, 9.17) is 4.74 Å². The molecule has 0 amide bonds. The van der Waals surface area contributed by atoms with Gasteiger partial charge in [-0.3, -0.25) is 4.68 Å². The maximum atomic E-state index is 10.5. The molecule has 2 heterocycles. The quantitative estimate of drug-likeness (QED) is 0.915. The second kappa shape index (κ2) is 5.86. The smallest absolute Gasteiger partial charge is 0.135 e. The number of hydrogen-bond acceptors (Lipinski definition) is 4. The summed E-state index contributed by atoms with van der Waals surface area (Å²) in [5, 5.41) is 16.7. The van der Waals surface area contributed by atoms with Crippen molar-refractivity contribution in [3.63, 3.8) is 0 Å². The summed E-state index contributed by atoms with van der Waals surface area (Å²) < 4.78 is 7.90. The standard InChI is InChI=1S/C12H15BrN2O2S/c1-3-5-15-10(8(13)7-14-15)11(16)12-9(17-2)4-6-18-12/h4,6-7,11,16H,3,5H2,1-2H3. The molecular formula is C12H15BrN2O2S. The van der Waals surface area contributed by atoms with Crippen molar-refractivity contribution in [1.29, 1.82) is 0 Å². The molecule has 0 aliphatic heterocycles. The zero-order valence-corrected chi connectivity index (χ0v) is 12.7. The SMILES string of the molecule is CCCn1ncc(Br)c1C(O)c1sccc1OC. The number of methoxy groups -OCH3 is 1. The molecule has 0 fully saturated rings. The van der Waals surface area contributed by atoms with Crippen LogP contribution in [0.5, 0.6) is 5.75 Å². The van der Waals surface area contributed by atoms with Crippen LogP contribution in [0.4, 0.5) is 0 Å². The van der Waals surface area contributed by atoms with E-state index >= 15 is 0 Å². The summed E-state index contributed by atoms with van der Waals surface area (Å²) in [5.41, 5.74) is 0.776. The second-order valence-electron chi connectivity index (χ2n) is 3.86. The van der Waals surface area contributed by atoms with Crippen LogP contribution in [0, 0.1) is 0 Å². The van der Waals surface area contributed by atoms with Crippen molar-refractivity contribution in [1.82, 2.24) is 9.78 Å². The Kier molecular flexibility index (Phi) is 4.42. The molecule has 0 aliphatic rings. The molecule has 2 aromatic heterocycles. The third-order valence-corrected chi connectivity index (χ3v) is 4.21. The van der Waals surface area contributed by atoms with Crippen molar-refractivity contribution in [2.24, 2.45) is 0 Å². The predicted molar refractivity (Wildman–Crippen MR) is 75.2 cm³/mol. The summed E-state index contributed by atoms with van der Waals surface area (Å²) in [6.45, 7) is 2.86. The van der Waals surface area contributed by atoms with Gasteiger partial charge in [0.05, 0.1) is 28.4 Å². The number of aliphatic hydroxyl groups is 1. The lowest BCUT2D eigenvalue weighted by Gasteiger charge is -2.14. The molecule has 18 heavy (non-hydrogen) atoms. The highest BCUT2D eigenvalue weighted by atomic mass is 79.9. The fraction of sp³-hybridized carbons (Fsp3) is 0.417. The summed E-state index contributed by atoms with van der Waals surface area (Å²) in [7, 11) is 1.61. The van der Waals surface area contributed by atoms with Gasteiger partial charge in [0.1, 0.15) is 11.9 Å². The highest BCUT2D eigenvalue weighted by molar-refractivity contribution is 9.10. The van der Waals surface area contributed by atoms with Gasteiger partial charge in [-0.2, -0.15) is 5.10 Å². The van der Waals surface area contributed by atoms with E-state index in [-0.39, 0.29) is 0 Å². The Balaban J connectivity index is 2.39. The van der Waals surface area contributed by atoms with Crippen LogP contribution in [-0.2, 0) is 6.54 Å². The van der Waals surface area contributed by atoms with Crippen LogP contribution in [0.1, 0.15) is 30.0 Å². The molecule has 0 spiro atoms. The van der Waals surface area contributed by atoms with Crippen LogP contribution in [-0.4, -0.2) is 22.0 Å². The lowest BCUT2D eigenvalue weighted by atomic mass is 10.2. The third-order valence-electron chi connectivity index (χ3n) is 2.65. The Hall–Kier alpha value is -0.850. The number of hydrogen-bond donors (Lipinski definition) is 1. The van der Waals surface area contributed by atoms with E-state index in [1.54, 1.807) is 13.3 Å². The Morgan fingerprint density at radius 1 is 1.61 bits per heavy atom. The second-order valence-corrected chi connectivity index (χ2v) is 5.66. The molecular weight excluding hydrogens is 316 g/mol. The van der Waals surface area contributed by atoms with E-state index < -0.39 is 6.10 Å². The molecule has 1 unspecified atom stereocenters. The highest BCUT2D eigenvalue weighted by Crippen LogP contribution is 2.37. The average molecular weight is 331 g/mol. The normalized spacial score (nSPS) is 12.7. The van der Waals surface area contributed by atoms with Gasteiger partial charge in [0.25, 0.3) is 0 Å². The van der Waals surface area contributed by atoms with E-state index in [0.29, 0.717) is 5.75 Å². The van der Waals surface area contributed by atoms with E-state index in [9.17, 15) is 5.11 Å². The first-order valence-electron chi connectivity index (χ1n) is 5.69. The number of halogens is 1. The Labute approximate surface area is 118 Å². The summed E-state index contributed by atoms with van der Waals surface area (Å²) >= 11 is 4.92. The molecule has 6 heteroatoms. The van der Waals surface area contributed by atoms with Gasteiger partial charge in [0.15, 0.2) is 0 Å². The van der Waals surface area contributed by atoms with Gasteiger partial charge in [-0.25, -0.2) is 0 Å². The van der Waals surface area contributed by atoms with Crippen molar-refractivity contribution in [3.8, 4) is 5.75 Å². The largest absolute Gasteiger partial charge is 0.495 e. The van der Waals surface area contributed by atoms with Crippen molar-refractivity contribution >= 4 is 27.3 Å². The monoisotopic (exact) mass is 330 g/mol. The minimum absolute atomic E-state index is 0.712. The Morgan fingerprint density at radius 3 is 3.06 bits per heavy atom. The number of ether oxygens (including phenoxy) is 1. The number of rotatable bonds is 5. The zero-order chi connectivity index (χ0) is 13.1. The van der Waals surface area contributed by atoms with Gasteiger partial charge in [0.2, 0.25) is 0 Å². The summed E-state index contributed by atoms with van der Waals surface area (Å²) in [4.78, 5) is 0.802. The lowest BCUT2D eigenvalue weighted by molar-refractivity contribution is 0.205. The molecule has 1 atom stereocenters. The molecule has 0 saturated carbocycles. The van der Waals surface area contributed by atoms with Crippen LogP contribution in [0.3, 0.4) is 0 Å². The van der Waals surface area contributed by atoms with Crippen LogP contribution in [0.15, 0.2) is 22.1 Å². The van der Waals surface area contributed by atoms with E-state index in [2.05, 4.69) is 28.0 Å². The number of aryl methyl sites for hydroxylation is 1. The van der Waals surface area contributed by atoms with Crippen molar-refractivity contribution in [3.05, 3.63) is 32.7 Å². The average Bonchev–Trinajstić information content (AvgIpc) is 2.96. The van der Waals surface area contributed by atoms with Gasteiger partial charge in [-0.1, -0.05) is 6.92 Å². The van der Waals surface area contributed by atoms with Crippen LogP contribution in [0.25, 0.3) is 0 Å². The summed E-state index contributed by atoms with van der Waals surface area (Å²) in [5.74, 6) is 0.712. The number of aromatic nitrogens is 2. The fourth-order valence-corrected chi connectivity index (χ4v) is 3.19. The molecule has 4 nitrogen and oxygen atoms in total. The molecule has 0 bridgehead atoms. The van der Waals surface area contributed by atoms with Gasteiger partial charge in [-0.05, 0) is 33.8 Å². The van der Waals surface area contributed by atoms with Crippen molar-refractivity contribution in [2.45, 2.75) is 26.0 Å². The molecule has 0 aromatic carbocycles.